The molecule has 0 aromatic rings. The van der Waals surface area contributed by atoms with E-state index < -0.39 is 0 Å². The second kappa shape index (κ2) is 7.35. The summed E-state index contributed by atoms with van der Waals surface area (Å²) in [6.45, 7) is 6.83. The van der Waals surface area contributed by atoms with Gasteiger partial charge < -0.3 is 10.6 Å². The van der Waals surface area contributed by atoms with Crippen molar-refractivity contribution in [3.05, 3.63) is 0 Å². The summed E-state index contributed by atoms with van der Waals surface area (Å²) in [5.74, 6) is 0.681. The summed E-state index contributed by atoms with van der Waals surface area (Å²) in [5.41, 5.74) is 0. The molecule has 14 heavy (non-hydrogen) atoms. The highest BCUT2D eigenvalue weighted by molar-refractivity contribution is 5.77. The van der Waals surface area contributed by atoms with Gasteiger partial charge in [0.2, 0.25) is 0 Å². The van der Waals surface area contributed by atoms with Crippen molar-refractivity contribution in [2.45, 2.75) is 33.6 Å². The average molecular weight is 200 g/mol. The molecule has 0 atom stereocenters. The number of carbonyl (C=O) groups excluding carboxylic acids is 2. The van der Waals surface area contributed by atoms with Gasteiger partial charge in [0.25, 0.3) is 0 Å². The maximum atomic E-state index is 11.1. The predicted molar refractivity (Wildman–Crippen MR) is 56.2 cm³/mol. The van der Waals surface area contributed by atoms with Crippen molar-refractivity contribution in [1.29, 1.82) is 0 Å². The molecule has 0 rings (SSSR count). The predicted octanol–water partition coefficient (Wildman–Crippen LogP) is 1.31. The lowest BCUT2D eigenvalue weighted by Gasteiger charge is -2.07. The first kappa shape index (κ1) is 12.9. The van der Waals surface area contributed by atoms with Gasteiger partial charge in [-0.05, 0) is 19.3 Å². The molecule has 0 spiro atoms. The van der Waals surface area contributed by atoms with Gasteiger partial charge in [-0.1, -0.05) is 13.8 Å². The van der Waals surface area contributed by atoms with Gasteiger partial charge in [0.15, 0.2) is 0 Å². The van der Waals surface area contributed by atoms with E-state index >= 15 is 0 Å². The van der Waals surface area contributed by atoms with Gasteiger partial charge >= 0.3 is 6.03 Å². The van der Waals surface area contributed by atoms with E-state index in [-0.39, 0.29) is 11.8 Å². The lowest BCUT2D eigenvalue weighted by Crippen LogP contribution is -2.37. The summed E-state index contributed by atoms with van der Waals surface area (Å²) >= 11 is 0. The van der Waals surface area contributed by atoms with Gasteiger partial charge in [0.05, 0.1) is 0 Å². The molecule has 0 heterocycles. The van der Waals surface area contributed by atoms with E-state index in [1.807, 2.05) is 0 Å². The van der Waals surface area contributed by atoms with Crippen molar-refractivity contribution >= 4 is 11.8 Å². The largest absolute Gasteiger partial charge is 0.338 e. The molecule has 82 valence electrons. The van der Waals surface area contributed by atoms with Crippen molar-refractivity contribution in [3.8, 4) is 0 Å². The summed E-state index contributed by atoms with van der Waals surface area (Å²) < 4.78 is 0. The van der Waals surface area contributed by atoms with Crippen LogP contribution < -0.4 is 10.6 Å². The molecule has 0 unspecified atom stereocenters. The highest BCUT2D eigenvalue weighted by atomic mass is 16.2. The van der Waals surface area contributed by atoms with Crippen molar-refractivity contribution < 1.29 is 9.59 Å². The molecule has 0 bridgehead atoms. The molecule has 0 aromatic heterocycles. The molecule has 4 nitrogen and oxygen atoms in total. The molecule has 0 saturated carbocycles. The van der Waals surface area contributed by atoms with E-state index in [9.17, 15) is 9.59 Å². The third kappa shape index (κ3) is 9.03. The van der Waals surface area contributed by atoms with Gasteiger partial charge in [-0.3, -0.25) is 4.79 Å². The van der Waals surface area contributed by atoms with E-state index in [0.717, 1.165) is 6.42 Å². The zero-order valence-corrected chi connectivity index (χ0v) is 9.22. The Morgan fingerprint density at radius 2 is 1.71 bits per heavy atom. The Kier molecular flexibility index (Phi) is 6.80. The second-order valence-electron chi connectivity index (χ2n) is 3.82. The number of rotatable bonds is 6. The minimum atomic E-state index is -0.188. The smallest absolute Gasteiger partial charge is 0.314 e. The number of Topliss-reactive ketones (excluding diaryl/α,β-unsaturated/α-hetero) is 1. The SMILES string of the molecule is CC(=O)CCNC(=O)NCCC(C)C. The molecule has 0 aromatic carbocycles. The molecule has 0 aliphatic rings. The van der Waals surface area contributed by atoms with Crippen LogP contribution in [0.15, 0.2) is 0 Å². The molecule has 0 saturated heterocycles. The first-order chi connectivity index (χ1) is 6.52. The number of ketones is 1. The quantitative estimate of drug-likeness (QED) is 0.679. The Balaban J connectivity index is 3.33. The van der Waals surface area contributed by atoms with Crippen LogP contribution in [0.1, 0.15) is 33.6 Å². The van der Waals surface area contributed by atoms with E-state index in [0.29, 0.717) is 25.4 Å². The normalized spacial score (nSPS) is 10.0. The standard InChI is InChI=1S/C10H20N2O2/c1-8(2)4-6-11-10(14)12-7-5-9(3)13/h8H,4-7H2,1-3H3,(H2,11,12,14). The number of amides is 2. The first-order valence-corrected chi connectivity index (χ1v) is 5.03. The van der Waals surface area contributed by atoms with Crippen molar-refractivity contribution in [2.24, 2.45) is 5.92 Å². The Hall–Kier alpha value is -1.06. The third-order valence-electron chi connectivity index (χ3n) is 1.77. The zero-order chi connectivity index (χ0) is 11.0. The fourth-order valence-corrected chi connectivity index (χ4v) is 0.889. The monoisotopic (exact) mass is 200 g/mol. The topological polar surface area (TPSA) is 58.2 Å². The molecule has 2 N–H and O–H groups in total. The highest BCUT2D eigenvalue weighted by Crippen LogP contribution is 1.95. The Bertz CT molecular complexity index is 191. The molecular weight excluding hydrogens is 180 g/mol. The highest BCUT2D eigenvalue weighted by Gasteiger charge is 2.00. The molecule has 0 aliphatic heterocycles. The van der Waals surface area contributed by atoms with E-state index in [4.69, 9.17) is 0 Å². The van der Waals surface area contributed by atoms with Gasteiger partial charge in [-0.2, -0.15) is 0 Å². The van der Waals surface area contributed by atoms with Crippen LogP contribution in [0.25, 0.3) is 0 Å². The van der Waals surface area contributed by atoms with Crippen LogP contribution in [0, 0.1) is 5.92 Å². The molecular formula is C10H20N2O2. The van der Waals surface area contributed by atoms with Gasteiger partial charge in [-0.15, -0.1) is 0 Å². The van der Waals surface area contributed by atoms with Gasteiger partial charge in [0, 0.05) is 19.5 Å². The van der Waals surface area contributed by atoms with E-state index in [2.05, 4.69) is 24.5 Å². The molecule has 0 radical (unpaired) electrons. The molecule has 4 heteroatoms. The summed E-state index contributed by atoms with van der Waals surface area (Å²) in [6, 6.07) is -0.188. The first-order valence-electron chi connectivity index (χ1n) is 5.03. The Labute approximate surface area is 85.4 Å². The van der Waals surface area contributed by atoms with Crippen molar-refractivity contribution in [1.82, 2.24) is 10.6 Å². The fourth-order valence-electron chi connectivity index (χ4n) is 0.889. The summed E-state index contributed by atoms with van der Waals surface area (Å²) in [6.07, 6.45) is 1.37. The lowest BCUT2D eigenvalue weighted by molar-refractivity contribution is -0.116. The van der Waals surface area contributed by atoms with E-state index in [1.54, 1.807) is 0 Å². The number of nitrogens with one attached hydrogen (secondary N) is 2. The zero-order valence-electron chi connectivity index (χ0n) is 9.22. The summed E-state index contributed by atoms with van der Waals surface area (Å²) in [5, 5.41) is 5.34. The molecule has 0 fully saturated rings. The van der Waals surface area contributed by atoms with Gasteiger partial charge in [0.1, 0.15) is 5.78 Å². The van der Waals surface area contributed by atoms with Crippen molar-refractivity contribution in [3.63, 3.8) is 0 Å². The van der Waals surface area contributed by atoms with Crippen LogP contribution in [-0.2, 0) is 4.79 Å². The summed E-state index contributed by atoms with van der Waals surface area (Å²) in [7, 11) is 0. The number of hydrogen-bond donors (Lipinski definition) is 2. The summed E-state index contributed by atoms with van der Waals surface area (Å²) in [4.78, 5) is 21.6. The second-order valence-corrected chi connectivity index (χ2v) is 3.82. The Morgan fingerprint density at radius 3 is 2.21 bits per heavy atom. The van der Waals surface area contributed by atoms with Crippen LogP contribution in [0.3, 0.4) is 0 Å². The minimum Gasteiger partial charge on any atom is -0.338 e. The van der Waals surface area contributed by atoms with Crippen LogP contribution in [0.4, 0.5) is 4.79 Å². The average Bonchev–Trinajstić information content (AvgIpc) is 2.02. The van der Waals surface area contributed by atoms with Crippen LogP contribution >= 0.6 is 0 Å². The van der Waals surface area contributed by atoms with Crippen LogP contribution in [0.2, 0.25) is 0 Å². The number of urea groups is 1. The maximum Gasteiger partial charge on any atom is 0.314 e. The maximum absolute atomic E-state index is 11.1. The van der Waals surface area contributed by atoms with Crippen LogP contribution in [0.5, 0.6) is 0 Å². The number of hydrogen-bond acceptors (Lipinski definition) is 2. The van der Waals surface area contributed by atoms with Gasteiger partial charge in [-0.25, -0.2) is 4.79 Å². The van der Waals surface area contributed by atoms with Crippen LogP contribution in [-0.4, -0.2) is 24.9 Å². The number of carbonyl (C=O) groups is 2. The lowest BCUT2D eigenvalue weighted by atomic mass is 10.1. The van der Waals surface area contributed by atoms with Crippen molar-refractivity contribution in [2.75, 3.05) is 13.1 Å². The molecule has 2 amide bonds. The Morgan fingerprint density at radius 1 is 1.14 bits per heavy atom. The molecule has 0 aliphatic carbocycles. The van der Waals surface area contributed by atoms with E-state index in [1.165, 1.54) is 6.92 Å². The third-order valence-corrected chi connectivity index (χ3v) is 1.77. The fraction of sp³-hybridized carbons (Fsp3) is 0.800. The minimum absolute atomic E-state index is 0.0903.